The molecule has 0 amide bonds. The van der Waals surface area contributed by atoms with E-state index in [4.69, 9.17) is 9.47 Å². The quantitative estimate of drug-likeness (QED) is 0.634. The molecular weight excluding hydrogens is 392 g/mol. The summed E-state index contributed by atoms with van der Waals surface area (Å²) in [6.07, 6.45) is 2.46. The highest BCUT2D eigenvalue weighted by atomic mass is 32.2. The van der Waals surface area contributed by atoms with Crippen molar-refractivity contribution in [3.05, 3.63) is 42.1 Å². The zero-order valence-corrected chi connectivity index (χ0v) is 17.5. The highest BCUT2D eigenvalue weighted by molar-refractivity contribution is 7.89. The van der Waals surface area contributed by atoms with Crippen LogP contribution in [0, 0.1) is 0 Å². The Labute approximate surface area is 169 Å². The molecule has 2 heterocycles. The van der Waals surface area contributed by atoms with Gasteiger partial charge in [-0.3, -0.25) is 0 Å². The predicted molar refractivity (Wildman–Crippen MR) is 111 cm³/mol. The molecule has 0 fully saturated rings. The largest absolute Gasteiger partial charge is 0.493 e. The molecule has 0 bridgehead atoms. The summed E-state index contributed by atoms with van der Waals surface area (Å²) in [7, 11) is 2.77. The fourth-order valence-corrected chi connectivity index (χ4v) is 4.54. The molecule has 0 aliphatic carbocycles. The van der Waals surface area contributed by atoms with Crippen LogP contribution in [0.1, 0.15) is 5.56 Å². The van der Waals surface area contributed by atoms with Crippen LogP contribution in [-0.4, -0.2) is 57.8 Å². The third kappa shape index (κ3) is 3.16. The third-order valence-electron chi connectivity index (χ3n) is 5.14. The van der Waals surface area contributed by atoms with Gasteiger partial charge in [0.25, 0.3) is 0 Å². The van der Waals surface area contributed by atoms with Gasteiger partial charge >= 0.3 is 0 Å². The normalized spacial score (nSPS) is 13.8. The number of anilines is 2. The van der Waals surface area contributed by atoms with Gasteiger partial charge in [0.05, 0.1) is 36.5 Å². The van der Waals surface area contributed by atoms with E-state index < -0.39 is 10.0 Å². The number of rotatable bonds is 5. The van der Waals surface area contributed by atoms with Crippen LogP contribution < -0.4 is 14.4 Å². The molecule has 8 nitrogen and oxygen atoms in total. The molecule has 0 N–H and O–H groups in total. The highest BCUT2D eigenvalue weighted by Gasteiger charge is 2.26. The van der Waals surface area contributed by atoms with Crippen molar-refractivity contribution in [3.8, 4) is 11.5 Å². The first-order chi connectivity index (χ1) is 13.9. The van der Waals surface area contributed by atoms with Gasteiger partial charge in [0, 0.05) is 37.8 Å². The van der Waals surface area contributed by atoms with E-state index in [-0.39, 0.29) is 0 Å². The second kappa shape index (κ2) is 7.16. The maximum atomic E-state index is 12.5. The number of ether oxygens (including phenoxy) is 2. The van der Waals surface area contributed by atoms with E-state index in [1.165, 1.54) is 18.4 Å². The van der Waals surface area contributed by atoms with E-state index in [9.17, 15) is 8.42 Å². The average molecular weight is 414 g/mol. The van der Waals surface area contributed by atoms with Crippen LogP contribution in [0.3, 0.4) is 0 Å². The lowest BCUT2D eigenvalue weighted by molar-refractivity contribution is 0.355. The lowest BCUT2D eigenvalue weighted by Crippen LogP contribution is -2.22. The average Bonchev–Trinajstić information content (AvgIpc) is 3.15. The zero-order valence-electron chi connectivity index (χ0n) is 16.7. The second-order valence-corrected chi connectivity index (χ2v) is 9.09. The van der Waals surface area contributed by atoms with E-state index in [1.54, 1.807) is 38.6 Å². The zero-order chi connectivity index (χ0) is 20.8. The van der Waals surface area contributed by atoms with Crippen LogP contribution in [0.2, 0.25) is 0 Å². The molecule has 4 rings (SSSR count). The Balaban J connectivity index is 1.82. The van der Waals surface area contributed by atoms with Crippen molar-refractivity contribution in [2.45, 2.75) is 11.3 Å². The predicted octanol–water partition coefficient (Wildman–Crippen LogP) is 2.59. The van der Waals surface area contributed by atoms with E-state index in [0.717, 1.165) is 35.3 Å². The monoisotopic (exact) mass is 414 g/mol. The molecule has 29 heavy (non-hydrogen) atoms. The maximum Gasteiger partial charge on any atom is 0.242 e. The first-order valence-electron chi connectivity index (χ1n) is 9.07. The molecule has 0 spiro atoms. The molecule has 1 aliphatic heterocycles. The minimum absolute atomic E-state index is 0.298. The van der Waals surface area contributed by atoms with Gasteiger partial charge in [0.1, 0.15) is 0 Å². The SMILES string of the molecule is COc1cc2nncc(N3CCc4cc(S(=O)(=O)N(C)C)ccc43)c2cc1OC. The molecule has 0 atom stereocenters. The maximum absolute atomic E-state index is 12.5. The van der Waals surface area contributed by atoms with Gasteiger partial charge in [0.2, 0.25) is 10.0 Å². The third-order valence-corrected chi connectivity index (χ3v) is 6.95. The Morgan fingerprint density at radius 2 is 1.76 bits per heavy atom. The number of fused-ring (bicyclic) bond motifs is 2. The fourth-order valence-electron chi connectivity index (χ4n) is 3.59. The van der Waals surface area contributed by atoms with Gasteiger partial charge in [0.15, 0.2) is 11.5 Å². The number of hydrogen-bond acceptors (Lipinski definition) is 7. The van der Waals surface area contributed by atoms with Crippen LogP contribution in [0.25, 0.3) is 10.9 Å². The first kappa shape index (κ1) is 19.4. The standard InChI is InChI=1S/C20H22N4O4S/c1-23(2)29(25,26)14-5-6-17-13(9-14)7-8-24(17)18-12-21-22-16-11-20(28-4)19(27-3)10-15(16)18/h5-6,9-12H,7-8H2,1-4H3. The Bertz CT molecular complexity index is 1190. The fraction of sp³-hybridized carbons (Fsp3) is 0.300. The summed E-state index contributed by atoms with van der Waals surface area (Å²) >= 11 is 0. The number of nitrogens with zero attached hydrogens (tertiary/aromatic N) is 4. The molecule has 0 saturated carbocycles. The molecular formula is C20H22N4O4S. The van der Waals surface area contributed by atoms with Gasteiger partial charge in [-0.15, -0.1) is 0 Å². The van der Waals surface area contributed by atoms with Crippen LogP contribution in [0.5, 0.6) is 11.5 Å². The molecule has 152 valence electrons. The van der Waals surface area contributed by atoms with Crippen molar-refractivity contribution in [1.82, 2.24) is 14.5 Å². The van der Waals surface area contributed by atoms with Crippen molar-refractivity contribution in [2.75, 3.05) is 39.8 Å². The molecule has 2 aromatic carbocycles. The summed E-state index contributed by atoms with van der Waals surface area (Å²) in [5.74, 6) is 1.20. The summed E-state index contributed by atoms with van der Waals surface area (Å²) in [6.45, 7) is 0.718. The molecule has 9 heteroatoms. The Hall–Kier alpha value is -2.91. The van der Waals surface area contributed by atoms with E-state index in [0.29, 0.717) is 21.9 Å². The Kier molecular flexibility index (Phi) is 4.79. The van der Waals surface area contributed by atoms with Crippen molar-refractivity contribution < 1.29 is 17.9 Å². The summed E-state index contributed by atoms with van der Waals surface area (Å²) < 4.78 is 36.9. The first-order valence-corrected chi connectivity index (χ1v) is 10.5. The minimum atomic E-state index is -3.47. The van der Waals surface area contributed by atoms with Gasteiger partial charge < -0.3 is 14.4 Å². The van der Waals surface area contributed by atoms with Crippen LogP contribution in [-0.2, 0) is 16.4 Å². The van der Waals surface area contributed by atoms with E-state index in [1.807, 2.05) is 12.1 Å². The summed E-state index contributed by atoms with van der Waals surface area (Å²) in [5, 5.41) is 9.26. The number of aromatic nitrogens is 2. The van der Waals surface area contributed by atoms with Crippen molar-refractivity contribution in [1.29, 1.82) is 0 Å². The summed E-state index contributed by atoms with van der Waals surface area (Å²) in [6, 6.07) is 8.94. The molecule has 0 saturated heterocycles. The van der Waals surface area contributed by atoms with E-state index >= 15 is 0 Å². The number of hydrogen-bond donors (Lipinski definition) is 0. The van der Waals surface area contributed by atoms with Crippen molar-refractivity contribution >= 4 is 32.3 Å². The second-order valence-electron chi connectivity index (χ2n) is 6.93. The van der Waals surface area contributed by atoms with Crippen molar-refractivity contribution in [3.63, 3.8) is 0 Å². The van der Waals surface area contributed by atoms with Gasteiger partial charge in [-0.05, 0) is 36.2 Å². The Morgan fingerprint density at radius 3 is 2.45 bits per heavy atom. The van der Waals surface area contributed by atoms with E-state index in [2.05, 4.69) is 15.1 Å². The summed E-state index contributed by atoms with van der Waals surface area (Å²) in [4.78, 5) is 2.43. The number of methoxy groups -OCH3 is 2. The lowest BCUT2D eigenvalue weighted by Gasteiger charge is -2.21. The highest BCUT2D eigenvalue weighted by Crippen LogP contribution is 2.41. The molecule has 3 aromatic rings. The van der Waals surface area contributed by atoms with Gasteiger partial charge in [-0.25, -0.2) is 12.7 Å². The smallest absolute Gasteiger partial charge is 0.242 e. The molecule has 0 unspecified atom stereocenters. The molecule has 0 radical (unpaired) electrons. The van der Waals surface area contributed by atoms with Crippen LogP contribution in [0.15, 0.2) is 41.4 Å². The van der Waals surface area contributed by atoms with Crippen LogP contribution >= 0.6 is 0 Å². The van der Waals surface area contributed by atoms with Gasteiger partial charge in [-0.1, -0.05) is 0 Å². The lowest BCUT2D eigenvalue weighted by atomic mass is 10.1. The van der Waals surface area contributed by atoms with Gasteiger partial charge in [-0.2, -0.15) is 10.2 Å². The summed E-state index contributed by atoms with van der Waals surface area (Å²) in [5.41, 5.74) is 3.53. The molecule has 1 aliphatic rings. The van der Waals surface area contributed by atoms with Crippen molar-refractivity contribution in [2.24, 2.45) is 0 Å². The molecule has 1 aromatic heterocycles. The minimum Gasteiger partial charge on any atom is -0.493 e. The topological polar surface area (TPSA) is 84.9 Å². The number of benzene rings is 2. The Morgan fingerprint density at radius 1 is 1.03 bits per heavy atom. The number of sulfonamides is 1. The van der Waals surface area contributed by atoms with Crippen LogP contribution in [0.4, 0.5) is 11.4 Å².